The van der Waals surface area contributed by atoms with Crippen LogP contribution in [-0.2, 0) is 4.84 Å². The Morgan fingerprint density at radius 3 is 2.11 bits per heavy atom. The fourth-order valence-electron chi connectivity index (χ4n) is 0.255. The van der Waals surface area contributed by atoms with Crippen molar-refractivity contribution in [3.63, 3.8) is 0 Å². The van der Waals surface area contributed by atoms with Crippen molar-refractivity contribution in [3.05, 3.63) is 0 Å². The Morgan fingerprint density at radius 1 is 1.56 bits per heavy atom. The zero-order valence-corrected chi connectivity index (χ0v) is 6.43. The summed E-state index contributed by atoms with van der Waals surface area (Å²) in [4.78, 5) is 4.54. The molecule has 0 heterocycles. The number of nitrogens with zero attached hydrogens (tertiary/aromatic N) is 1. The average molecular weight is 130 g/mol. The third kappa shape index (κ3) is 3.08. The van der Waals surface area contributed by atoms with Crippen molar-refractivity contribution in [3.8, 4) is 0 Å². The largest absolute Gasteiger partial charge is 0.399 e. The summed E-state index contributed by atoms with van der Waals surface area (Å²) in [6.45, 7) is 5.60. The third-order valence-corrected chi connectivity index (χ3v) is 1.16. The van der Waals surface area contributed by atoms with Crippen molar-refractivity contribution in [2.24, 2.45) is 10.9 Å². The molecule has 0 atom stereocenters. The van der Waals surface area contributed by atoms with Crippen LogP contribution >= 0.6 is 0 Å². The maximum Gasteiger partial charge on any atom is 0.106 e. The summed E-state index contributed by atoms with van der Waals surface area (Å²) < 4.78 is 0. The highest BCUT2D eigenvalue weighted by molar-refractivity contribution is 5.89. The van der Waals surface area contributed by atoms with Crippen molar-refractivity contribution in [2.45, 2.75) is 26.3 Å². The summed E-state index contributed by atoms with van der Waals surface area (Å²) in [5, 5.41) is 3.69. The summed E-state index contributed by atoms with van der Waals surface area (Å²) in [5.74, 6) is 0. The van der Waals surface area contributed by atoms with Gasteiger partial charge < -0.3 is 10.6 Å². The quantitative estimate of drug-likeness (QED) is 0.443. The number of hydrogen-bond donors (Lipinski definition) is 1. The predicted octanol–water partition coefficient (Wildman–Crippen LogP) is 0.746. The van der Waals surface area contributed by atoms with Crippen LogP contribution in [0.15, 0.2) is 5.16 Å². The smallest absolute Gasteiger partial charge is 0.106 e. The van der Waals surface area contributed by atoms with Crippen molar-refractivity contribution >= 4 is 5.71 Å². The molecule has 0 aromatic rings. The molecule has 0 bridgehead atoms. The Kier molecular flexibility index (Phi) is 2.65. The predicted molar refractivity (Wildman–Crippen MR) is 38.4 cm³/mol. The second kappa shape index (κ2) is 2.82. The van der Waals surface area contributed by atoms with Gasteiger partial charge in [0.25, 0.3) is 0 Å². The fraction of sp³-hybridized carbons (Fsp3) is 0.833. The van der Waals surface area contributed by atoms with Crippen LogP contribution in [0.25, 0.3) is 0 Å². The molecule has 0 fully saturated rings. The number of rotatable bonds is 2. The topological polar surface area (TPSA) is 47.6 Å². The fourth-order valence-corrected chi connectivity index (χ4v) is 0.255. The van der Waals surface area contributed by atoms with Gasteiger partial charge in [-0.3, -0.25) is 0 Å². The first-order valence-corrected chi connectivity index (χ1v) is 2.85. The van der Waals surface area contributed by atoms with Crippen molar-refractivity contribution < 1.29 is 4.84 Å². The molecule has 0 aliphatic carbocycles. The van der Waals surface area contributed by atoms with Gasteiger partial charge >= 0.3 is 0 Å². The van der Waals surface area contributed by atoms with Gasteiger partial charge in [-0.2, -0.15) is 0 Å². The minimum Gasteiger partial charge on any atom is -0.399 e. The van der Waals surface area contributed by atoms with E-state index in [1.54, 1.807) is 0 Å². The molecule has 0 unspecified atom stereocenters. The van der Waals surface area contributed by atoms with Crippen LogP contribution in [-0.4, -0.2) is 18.4 Å². The van der Waals surface area contributed by atoms with Gasteiger partial charge in [0.2, 0.25) is 0 Å². The van der Waals surface area contributed by atoms with E-state index >= 15 is 0 Å². The van der Waals surface area contributed by atoms with E-state index in [2.05, 4.69) is 9.99 Å². The molecule has 9 heavy (non-hydrogen) atoms. The van der Waals surface area contributed by atoms with Crippen LogP contribution in [0.5, 0.6) is 0 Å². The Hall–Kier alpha value is -0.570. The SMILES string of the molecule is CON=C(C)C(C)(C)N. The van der Waals surface area contributed by atoms with Gasteiger partial charge in [0.1, 0.15) is 7.11 Å². The van der Waals surface area contributed by atoms with Crippen LogP contribution in [0.4, 0.5) is 0 Å². The van der Waals surface area contributed by atoms with Gasteiger partial charge in [-0.25, -0.2) is 0 Å². The molecule has 0 saturated carbocycles. The van der Waals surface area contributed by atoms with Gasteiger partial charge in [-0.1, -0.05) is 5.16 Å². The van der Waals surface area contributed by atoms with Crippen molar-refractivity contribution in [1.82, 2.24) is 0 Å². The highest BCUT2D eigenvalue weighted by atomic mass is 16.6. The number of nitrogens with two attached hydrogens (primary N) is 1. The third-order valence-electron chi connectivity index (χ3n) is 1.16. The summed E-state index contributed by atoms with van der Waals surface area (Å²) in [5.41, 5.74) is 6.09. The highest BCUT2D eigenvalue weighted by Gasteiger charge is 2.14. The Morgan fingerprint density at radius 2 is 2.00 bits per heavy atom. The molecule has 3 heteroatoms. The lowest BCUT2D eigenvalue weighted by Gasteiger charge is -2.16. The molecule has 2 N–H and O–H groups in total. The summed E-state index contributed by atoms with van der Waals surface area (Å²) in [6.07, 6.45) is 0. The van der Waals surface area contributed by atoms with Gasteiger partial charge in [-0.05, 0) is 20.8 Å². The lowest BCUT2D eigenvalue weighted by atomic mass is 10.0. The van der Waals surface area contributed by atoms with Crippen molar-refractivity contribution in [1.29, 1.82) is 0 Å². The number of hydrogen-bond acceptors (Lipinski definition) is 3. The molecule has 0 aliphatic heterocycles. The molecule has 0 rings (SSSR count). The molecule has 0 aromatic heterocycles. The zero-order chi connectivity index (χ0) is 7.49. The first-order valence-electron chi connectivity index (χ1n) is 2.85. The van der Waals surface area contributed by atoms with Crippen LogP contribution in [0.2, 0.25) is 0 Å². The molecule has 0 aliphatic rings. The maximum atomic E-state index is 5.65. The van der Waals surface area contributed by atoms with E-state index in [4.69, 9.17) is 5.73 Å². The first kappa shape index (κ1) is 8.43. The van der Waals surface area contributed by atoms with Crippen molar-refractivity contribution in [2.75, 3.05) is 7.11 Å². The maximum absolute atomic E-state index is 5.65. The van der Waals surface area contributed by atoms with Crippen LogP contribution < -0.4 is 5.73 Å². The summed E-state index contributed by atoms with van der Waals surface area (Å²) >= 11 is 0. The molecule has 0 amide bonds. The lowest BCUT2D eigenvalue weighted by molar-refractivity contribution is 0.210. The van der Waals surface area contributed by atoms with E-state index in [1.165, 1.54) is 7.11 Å². The summed E-state index contributed by atoms with van der Waals surface area (Å²) in [6, 6.07) is 0. The van der Waals surface area contributed by atoms with E-state index in [0.29, 0.717) is 0 Å². The first-order chi connectivity index (χ1) is 3.98. The second-order valence-corrected chi connectivity index (χ2v) is 2.58. The number of oxime groups is 1. The Labute approximate surface area is 55.9 Å². The molecule has 0 radical (unpaired) electrons. The highest BCUT2D eigenvalue weighted by Crippen LogP contribution is 1.99. The van der Waals surface area contributed by atoms with Gasteiger partial charge in [0.05, 0.1) is 11.3 Å². The standard InChI is InChI=1S/C6H14N2O/c1-5(8-9-4)6(2,3)7/h7H2,1-4H3. The minimum absolute atomic E-state index is 0.365. The lowest BCUT2D eigenvalue weighted by Crippen LogP contribution is -2.39. The molecular formula is C6H14N2O. The Balaban J connectivity index is 4.03. The van der Waals surface area contributed by atoms with Gasteiger partial charge in [0.15, 0.2) is 0 Å². The van der Waals surface area contributed by atoms with E-state index in [0.717, 1.165) is 5.71 Å². The van der Waals surface area contributed by atoms with Crippen LogP contribution in [0.3, 0.4) is 0 Å². The van der Waals surface area contributed by atoms with E-state index in [1.807, 2.05) is 20.8 Å². The molecule has 3 nitrogen and oxygen atoms in total. The van der Waals surface area contributed by atoms with E-state index in [9.17, 15) is 0 Å². The molecular weight excluding hydrogens is 116 g/mol. The normalized spacial score (nSPS) is 13.7. The Bertz CT molecular complexity index is 113. The minimum atomic E-state index is -0.365. The molecule has 0 spiro atoms. The molecule has 54 valence electrons. The van der Waals surface area contributed by atoms with Crippen LogP contribution in [0.1, 0.15) is 20.8 Å². The molecule has 0 saturated heterocycles. The van der Waals surface area contributed by atoms with Gasteiger partial charge in [0, 0.05) is 0 Å². The van der Waals surface area contributed by atoms with E-state index < -0.39 is 0 Å². The summed E-state index contributed by atoms with van der Waals surface area (Å²) in [7, 11) is 1.51. The van der Waals surface area contributed by atoms with Crippen LogP contribution in [0, 0.1) is 0 Å². The average Bonchev–Trinajstić information content (AvgIpc) is 1.64. The second-order valence-electron chi connectivity index (χ2n) is 2.58. The zero-order valence-electron chi connectivity index (χ0n) is 6.43. The monoisotopic (exact) mass is 130 g/mol. The molecule has 0 aromatic carbocycles. The van der Waals surface area contributed by atoms with Gasteiger partial charge in [-0.15, -0.1) is 0 Å². The van der Waals surface area contributed by atoms with E-state index in [-0.39, 0.29) is 5.54 Å².